The highest BCUT2D eigenvalue weighted by molar-refractivity contribution is 5.85. The molecule has 0 rings (SSSR count). The van der Waals surface area contributed by atoms with Crippen LogP contribution in [0.5, 0.6) is 0 Å². The summed E-state index contributed by atoms with van der Waals surface area (Å²) in [5.41, 5.74) is -1.46. The van der Waals surface area contributed by atoms with Crippen LogP contribution in [0.1, 0.15) is 59.8 Å². The maximum Gasteiger partial charge on any atom is 0.310 e. The normalized spacial score (nSPS) is 14.8. The van der Waals surface area contributed by atoms with Crippen molar-refractivity contribution in [1.82, 2.24) is 5.32 Å². The lowest BCUT2D eigenvalue weighted by Gasteiger charge is -2.32. The zero-order chi connectivity index (χ0) is 15.1. The minimum atomic E-state index is -0.988. The Bertz CT molecular complexity index is 313. The zero-order valence-corrected chi connectivity index (χ0v) is 12.5. The Morgan fingerprint density at radius 2 is 1.63 bits per heavy atom. The van der Waals surface area contributed by atoms with E-state index in [4.69, 9.17) is 5.11 Å². The molecule has 0 radical (unpaired) electrons. The van der Waals surface area contributed by atoms with Crippen molar-refractivity contribution in [2.45, 2.75) is 65.3 Å². The van der Waals surface area contributed by atoms with Crippen molar-refractivity contribution in [3.05, 3.63) is 0 Å². The number of carbonyl (C=O) groups is 2. The van der Waals surface area contributed by atoms with Crippen LogP contribution in [0.25, 0.3) is 0 Å². The molecule has 0 saturated carbocycles. The van der Waals surface area contributed by atoms with Gasteiger partial charge in [-0.1, -0.05) is 20.8 Å². The van der Waals surface area contributed by atoms with E-state index in [1.54, 1.807) is 13.8 Å². The van der Waals surface area contributed by atoms with E-state index < -0.39 is 16.9 Å². The molecule has 1 unspecified atom stereocenters. The molecule has 0 bridgehead atoms. The molecule has 5 heteroatoms. The van der Waals surface area contributed by atoms with Crippen molar-refractivity contribution >= 4 is 11.9 Å². The molecule has 0 aliphatic carbocycles. The summed E-state index contributed by atoms with van der Waals surface area (Å²) in [5.74, 6) is -1.18. The van der Waals surface area contributed by atoms with Gasteiger partial charge in [0.2, 0.25) is 5.91 Å². The summed E-state index contributed by atoms with van der Waals surface area (Å²) in [7, 11) is 0. The van der Waals surface area contributed by atoms with E-state index in [2.05, 4.69) is 5.32 Å². The molecular weight excluding hydrogens is 246 g/mol. The third-order valence-electron chi connectivity index (χ3n) is 4.19. The van der Waals surface area contributed by atoms with Gasteiger partial charge in [0.25, 0.3) is 0 Å². The Morgan fingerprint density at radius 3 is 1.95 bits per heavy atom. The fourth-order valence-electron chi connectivity index (χ4n) is 2.14. The van der Waals surface area contributed by atoms with Crippen LogP contribution < -0.4 is 5.32 Å². The van der Waals surface area contributed by atoms with E-state index >= 15 is 0 Å². The summed E-state index contributed by atoms with van der Waals surface area (Å²) in [4.78, 5) is 23.4. The van der Waals surface area contributed by atoms with Crippen LogP contribution in [0, 0.1) is 5.41 Å². The lowest BCUT2D eigenvalue weighted by Crippen LogP contribution is -2.48. The summed E-state index contributed by atoms with van der Waals surface area (Å²) < 4.78 is 0. The van der Waals surface area contributed by atoms with Crippen LogP contribution in [0.4, 0.5) is 0 Å². The zero-order valence-electron chi connectivity index (χ0n) is 12.5. The maximum absolute atomic E-state index is 12.1. The summed E-state index contributed by atoms with van der Waals surface area (Å²) in [6, 6.07) is 0. The van der Waals surface area contributed by atoms with Crippen molar-refractivity contribution < 1.29 is 19.8 Å². The second-order valence-corrected chi connectivity index (χ2v) is 5.41. The summed E-state index contributed by atoms with van der Waals surface area (Å²) >= 11 is 0. The lowest BCUT2D eigenvalue weighted by molar-refractivity contribution is -0.152. The minimum absolute atomic E-state index is 0.00372. The second kappa shape index (κ2) is 7.48. The topological polar surface area (TPSA) is 86.6 Å². The first-order chi connectivity index (χ1) is 8.79. The number of aliphatic carboxylic acids is 1. The van der Waals surface area contributed by atoms with Crippen LogP contribution in [0.3, 0.4) is 0 Å². The number of aliphatic hydroxyl groups excluding tert-OH is 1. The summed E-state index contributed by atoms with van der Waals surface area (Å²) in [5, 5.41) is 21.2. The standard InChI is InChI=1S/C14H27NO4/c1-5-13(4,8-9-16)15-11(17)10-14(6-2,7-3)12(18)19/h16H,5-10H2,1-4H3,(H,15,17)(H,18,19). The van der Waals surface area contributed by atoms with Gasteiger partial charge in [-0.3, -0.25) is 9.59 Å². The molecule has 1 atom stereocenters. The third-order valence-corrected chi connectivity index (χ3v) is 4.19. The van der Waals surface area contributed by atoms with Crippen LogP contribution >= 0.6 is 0 Å². The number of aliphatic hydroxyl groups is 1. The molecule has 112 valence electrons. The first-order valence-corrected chi connectivity index (χ1v) is 6.94. The molecule has 0 aromatic rings. The maximum atomic E-state index is 12.1. The number of carboxylic acids is 1. The summed E-state index contributed by atoms with van der Waals surface area (Å²) in [6.45, 7) is 7.37. The monoisotopic (exact) mass is 273 g/mol. The number of nitrogens with one attached hydrogen (secondary N) is 1. The fraction of sp³-hybridized carbons (Fsp3) is 0.857. The number of carboxylic acid groups (broad SMARTS) is 1. The van der Waals surface area contributed by atoms with Gasteiger partial charge in [-0.15, -0.1) is 0 Å². The van der Waals surface area contributed by atoms with E-state index in [1.165, 1.54) is 0 Å². The van der Waals surface area contributed by atoms with Gasteiger partial charge >= 0.3 is 5.97 Å². The van der Waals surface area contributed by atoms with Gasteiger partial charge in [0.15, 0.2) is 0 Å². The van der Waals surface area contributed by atoms with Crippen molar-refractivity contribution in [3.63, 3.8) is 0 Å². The fourth-order valence-corrected chi connectivity index (χ4v) is 2.14. The largest absolute Gasteiger partial charge is 0.481 e. The first kappa shape index (κ1) is 17.9. The Hall–Kier alpha value is -1.10. The van der Waals surface area contributed by atoms with Crippen LogP contribution in [0.15, 0.2) is 0 Å². The Labute approximate surface area is 115 Å². The molecule has 0 heterocycles. The predicted octanol–water partition coefficient (Wildman–Crippen LogP) is 1.93. The molecular formula is C14H27NO4. The molecule has 0 aliphatic heterocycles. The number of hydrogen-bond donors (Lipinski definition) is 3. The van der Waals surface area contributed by atoms with Gasteiger partial charge < -0.3 is 15.5 Å². The van der Waals surface area contributed by atoms with Gasteiger partial charge in [-0.25, -0.2) is 0 Å². The van der Waals surface area contributed by atoms with Crippen molar-refractivity contribution in [1.29, 1.82) is 0 Å². The molecule has 19 heavy (non-hydrogen) atoms. The Balaban J connectivity index is 4.80. The molecule has 0 saturated heterocycles. The van der Waals surface area contributed by atoms with E-state index in [0.29, 0.717) is 25.7 Å². The third kappa shape index (κ3) is 4.82. The first-order valence-electron chi connectivity index (χ1n) is 6.94. The van der Waals surface area contributed by atoms with Crippen molar-refractivity contribution in [3.8, 4) is 0 Å². The molecule has 1 amide bonds. The lowest BCUT2D eigenvalue weighted by atomic mass is 9.78. The number of carbonyl (C=O) groups excluding carboxylic acids is 1. The second-order valence-electron chi connectivity index (χ2n) is 5.41. The Morgan fingerprint density at radius 1 is 1.11 bits per heavy atom. The van der Waals surface area contributed by atoms with Gasteiger partial charge in [0.1, 0.15) is 0 Å². The van der Waals surface area contributed by atoms with Gasteiger partial charge in [-0.05, 0) is 32.6 Å². The van der Waals surface area contributed by atoms with Crippen LogP contribution in [-0.4, -0.2) is 34.2 Å². The van der Waals surface area contributed by atoms with E-state index in [-0.39, 0.29) is 18.9 Å². The summed E-state index contributed by atoms with van der Waals surface area (Å²) in [6.07, 6.45) is 1.99. The van der Waals surface area contributed by atoms with Gasteiger partial charge in [-0.2, -0.15) is 0 Å². The average Bonchev–Trinajstić information content (AvgIpc) is 2.35. The van der Waals surface area contributed by atoms with Crippen molar-refractivity contribution in [2.75, 3.05) is 6.61 Å². The molecule has 0 aromatic carbocycles. The molecule has 0 aromatic heterocycles. The molecule has 0 fully saturated rings. The molecule has 3 N–H and O–H groups in total. The average molecular weight is 273 g/mol. The van der Waals surface area contributed by atoms with Crippen molar-refractivity contribution in [2.24, 2.45) is 5.41 Å². The molecule has 0 aliphatic rings. The quantitative estimate of drug-likeness (QED) is 0.599. The number of hydrogen-bond acceptors (Lipinski definition) is 3. The van der Waals surface area contributed by atoms with Gasteiger partial charge in [0.05, 0.1) is 5.41 Å². The number of rotatable bonds is 9. The Kier molecular flexibility index (Phi) is 7.05. The van der Waals surface area contributed by atoms with E-state index in [9.17, 15) is 14.7 Å². The van der Waals surface area contributed by atoms with Gasteiger partial charge in [0, 0.05) is 18.6 Å². The molecule has 0 spiro atoms. The highest BCUT2D eigenvalue weighted by atomic mass is 16.4. The minimum Gasteiger partial charge on any atom is -0.481 e. The number of amides is 1. The SMILES string of the molecule is CCC(C)(CCO)NC(=O)CC(CC)(CC)C(=O)O. The highest BCUT2D eigenvalue weighted by Gasteiger charge is 2.38. The van der Waals surface area contributed by atoms with E-state index in [0.717, 1.165) is 0 Å². The van der Waals surface area contributed by atoms with E-state index in [1.807, 2.05) is 13.8 Å². The smallest absolute Gasteiger partial charge is 0.310 e. The molecule has 5 nitrogen and oxygen atoms in total. The van der Waals surface area contributed by atoms with Crippen LogP contribution in [-0.2, 0) is 9.59 Å². The van der Waals surface area contributed by atoms with Crippen LogP contribution in [0.2, 0.25) is 0 Å². The highest BCUT2D eigenvalue weighted by Crippen LogP contribution is 2.31. The predicted molar refractivity (Wildman–Crippen MR) is 73.8 cm³/mol.